The minimum Gasteiger partial charge on any atom is -0.493 e. The monoisotopic (exact) mass is 481 g/mol. The Kier molecular flexibility index (Phi) is 10.6. The van der Waals surface area contributed by atoms with Crippen molar-refractivity contribution < 1.29 is 19.4 Å². The standard InChI is InChI=1S/C28H39N3O4/c1-3-5-9-15-35-24-18-22(17-23(19-24)31-14-10-13-27(31)33)28(34)30-25(26(32)20-29-4-2)16-21-11-7-6-8-12-21/h6-8,11-12,17-19,25-26,29,32H,3-5,9-10,13-16,20H2,1-2H3,(H,30,34)/t25-,26-/m0/s1. The van der Waals surface area contributed by atoms with Gasteiger partial charge in [0.1, 0.15) is 5.75 Å². The number of nitrogens with zero attached hydrogens (tertiary/aromatic N) is 1. The molecule has 2 amide bonds. The van der Waals surface area contributed by atoms with Gasteiger partial charge in [-0.1, -0.05) is 57.0 Å². The number of ether oxygens (including phenoxy) is 1. The predicted octanol–water partition coefficient (Wildman–Crippen LogP) is 3.69. The zero-order chi connectivity index (χ0) is 25.0. The highest BCUT2D eigenvalue weighted by molar-refractivity contribution is 5.99. The van der Waals surface area contributed by atoms with E-state index in [-0.39, 0.29) is 11.8 Å². The fourth-order valence-electron chi connectivity index (χ4n) is 4.25. The lowest BCUT2D eigenvalue weighted by molar-refractivity contribution is -0.117. The highest BCUT2D eigenvalue weighted by Gasteiger charge is 2.26. The summed E-state index contributed by atoms with van der Waals surface area (Å²) < 4.78 is 5.96. The van der Waals surface area contributed by atoms with Crippen molar-refractivity contribution in [3.05, 3.63) is 59.7 Å². The lowest BCUT2D eigenvalue weighted by Crippen LogP contribution is -2.48. The fraction of sp³-hybridized carbons (Fsp3) is 0.500. The van der Waals surface area contributed by atoms with Crippen molar-refractivity contribution in [1.82, 2.24) is 10.6 Å². The Labute approximate surface area is 208 Å². The van der Waals surface area contributed by atoms with E-state index in [1.165, 1.54) is 0 Å². The maximum Gasteiger partial charge on any atom is 0.251 e. The molecule has 0 bridgehead atoms. The number of aliphatic hydroxyl groups is 1. The van der Waals surface area contributed by atoms with Crippen molar-refractivity contribution in [2.24, 2.45) is 0 Å². The SMILES string of the molecule is CCCCCOc1cc(C(=O)N[C@@H](Cc2ccccc2)[C@@H](O)CNCC)cc(N2CCCC2=O)c1. The van der Waals surface area contributed by atoms with E-state index in [0.29, 0.717) is 49.5 Å². The van der Waals surface area contributed by atoms with Crippen LogP contribution in [0, 0.1) is 0 Å². The van der Waals surface area contributed by atoms with Crippen LogP contribution in [0.3, 0.4) is 0 Å². The molecule has 0 radical (unpaired) electrons. The predicted molar refractivity (Wildman–Crippen MR) is 139 cm³/mol. The molecule has 0 unspecified atom stereocenters. The van der Waals surface area contributed by atoms with E-state index >= 15 is 0 Å². The molecule has 0 spiro atoms. The number of hydrogen-bond acceptors (Lipinski definition) is 5. The Morgan fingerprint density at radius 1 is 1.14 bits per heavy atom. The van der Waals surface area contributed by atoms with Gasteiger partial charge in [0.25, 0.3) is 5.91 Å². The summed E-state index contributed by atoms with van der Waals surface area (Å²) in [5, 5.41) is 17.0. The molecule has 1 aliphatic heterocycles. The summed E-state index contributed by atoms with van der Waals surface area (Å²) in [5.74, 6) is 0.340. The number of nitrogens with one attached hydrogen (secondary N) is 2. The normalized spacial score (nSPS) is 15.2. The van der Waals surface area contributed by atoms with Gasteiger partial charge in [-0.25, -0.2) is 0 Å². The van der Waals surface area contributed by atoms with Crippen molar-refractivity contribution in [3.8, 4) is 5.75 Å². The van der Waals surface area contributed by atoms with Gasteiger partial charge in [-0.15, -0.1) is 0 Å². The highest BCUT2D eigenvalue weighted by atomic mass is 16.5. The molecule has 7 heteroatoms. The second-order valence-corrected chi connectivity index (χ2v) is 9.06. The second kappa shape index (κ2) is 13.9. The Bertz CT molecular complexity index is 950. The third kappa shape index (κ3) is 8.08. The van der Waals surface area contributed by atoms with Crippen LogP contribution in [0.1, 0.15) is 61.9 Å². The summed E-state index contributed by atoms with van der Waals surface area (Å²) in [6.45, 7) is 6.42. The van der Waals surface area contributed by atoms with E-state index in [1.807, 2.05) is 43.3 Å². The second-order valence-electron chi connectivity index (χ2n) is 9.06. The summed E-state index contributed by atoms with van der Waals surface area (Å²) in [7, 11) is 0. The molecule has 0 saturated carbocycles. The van der Waals surface area contributed by atoms with Gasteiger partial charge >= 0.3 is 0 Å². The number of rotatable bonds is 14. The van der Waals surface area contributed by atoms with Crippen LogP contribution in [0.4, 0.5) is 5.69 Å². The molecule has 7 nitrogen and oxygen atoms in total. The van der Waals surface area contributed by atoms with Crippen LogP contribution in [-0.2, 0) is 11.2 Å². The minimum atomic E-state index is -0.757. The molecule has 1 saturated heterocycles. The van der Waals surface area contributed by atoms with Gasteiger partial charge in [0.05, 0.1) is 18.8 Å². The number of carbonyl (C=O) groups is 2. The molecule has 35 heavy (non-hydrogen) atoms. The number of carbonyl (C=O) groups excluding carboxylic acids is 2. The molecule has 1 fully saturated rings. The summed E-state index contributed by atoms with van der Waals surface area (Å²) in [5.41, 5.74) is 2.13. The number of anilines is 1. The first-order chi connectivity index (χ1) is 17.0. The molecule has 1 aliphatic rings. The van der Waals surface area contributed by atoms with Crippen molar-refractivity contribution in [2.75, 3.05) is 31.1 Å². The summed E-state index contributed by atoms with van der Waals surface area (Å²) in [6, 6.07) is 14.6. The van der Waals surface area contributed by atoms with E-state index in [2.05, 4.69) is 17.6 Å². The number of unbranched alkanes of at least 4 members (excludes halogenated alkanes) is 2. The Morgan fingerprint density at radius 2 is 1.94 bits per heavy atom. The van der Waals surface area contributed by atoms with Crippen molar-refractivity contribution in [2.45, 2.75) is 64.5 Å². The average Bonchev–Trinajstić information content (AvgIpc) is 3.31. The van der Waals surface area contributed by atoms with Crippen LogP contribution in [0.5, 0.6) is 5.75 Å². The van der Waals surface area contributed by atoms with E-state index < -0.39 is 12.1 Å². The number of hydrogen-bond donors (Lipinski definition) is 3. The Balaban J connectivity index is 1.82. The van der Waals surface area contributed by atoms with E-state index in [1.54, 1.807) is 17.0 Å². The van der Waals surface area contributed by atoms with Gasteiger partial charge in [0, 0.05) is 36.8 Å². The molecule has 3 rings (SSSR count). The van der Waals surface area contributed by atoms with Gasteiger partial charge < -0.3 is 25.4 Å². The third-order valence-corrected chi connectivity index (χ3v) is 6.24. The first kappa shape index (κ1) is 26.7. The summed E-state index contributed by atoms with van der Waals surface area (Å²) >= 11 is 0. The smallest absolute Gasteiger partial charge is 0.251 e. The van der Waals surface area contributed by atoms with Crippen LogP contribution in [0.15, 0.2) is 48.5 Å². The summed E-state index contributed by atoms with van der Waals surface area (Å²) in [4.78, 5) is 27.5. The van der Waals surface area contributed by atoms with E-state index in [4.69, 9.17) is 4.74 Å². The Morgan fingerprint density at radius 3 is 2.63 bits per heavy atom. The molecule has 2 atom stereocenters. The van der Waals surface area contributed by atoms with Gasteiger partial charge in [-0.05, 0) is 43.5 Å². The molecule has 0 aliphatic carbocycles. The third-order valence-electron chi connectivity index (χ3n) is 6.24. The molecule has 2 aromatic carbocycles. The molecule has 2 aromatic rings. The Hall–Kier alpha value is -2.90. The van der Waals surface area contributed by atoms with Gasteiger partial charge in [-0.2, -0.15) is 0 Å². The molecule has 0 aromatic heterocycles. The van der Waals surface area contributed by atoms with Crippen LogP contribution in [0.25, 0.3) is 0 Å². The molecule has 3 N–H and O–H groups in total. The number of likely N-dealkylation sites (N-methyl/N-ethyl adjacent to an activating group) is 1. The molecular formula is C28H39N3O4. The van der Waals surface area contributed by atoms with Crippen LogP contribution in [0.2, 0.25) is 0 Å². The molecular weight excluding hydrogens is 442 g/mol. The van der Waals surface area contributed by atoms with Gasteiger partial charge in [-0.3, -0.25) is 9.59 Å². The fourth-order valence-corrected chi connectivity index (χ4v) is 4.25. The highest BCUT2D eigenvalue weighted by Crippen LogP contribution is 2.28. The number of aliphatic hydroxyl groups excluding tert-OH is 1. The first-order valence-corrected chi connectivity index (χ1v) is 12.8. The lowest BCUT2D eigenvalue weighted by Gasteiger charge is -2.25. The number of benzene rings is 2. The maximum absolute atomic E-state index is 13.4. The average molecular weight is 482 g/mol. The summed E-state index contributed by atoms with van der Waals surface area (Å²) in [6.07, 6.45) is 4.16. The minimum absolute atomic E-state index is 0.0579. The largest absolute Gasteiger partial charge is 0.493 e. The quantitative estimate of drug-likeness (QED) is 0.358. The van der Waals surface area contributed by atoms with E-state index in [9.17, 15) is 14.7 Å². The van der Waals surface area contributed by atoms with Crippen LogP contribution >= 0.6 is 0 Å². The van der Waals surface area contributed by atoms with Crippen molar-refractivity contribution >= 4 is 17.5 Å². The molecule has 1 heterocycles. The van der Waals surface area contributed by atoms with Crippen LogP contribution in [-0.4, -0.2) is 55.3 Å². The lowest BCUT2D eigenvalue weighted by atomic mass is 10.0. The first-order valence-electron chi connectivity index (χ1n) is 12.8. The van der Waals surface area contributed by atoms with Crippen LogP contribution < -0.4 is 20.3 Å². The maximum atomic E-state index is 13.4. The van der Waals surface area contributed by atoms with Gasteiger partial charge in [0.2, 0.25) is 5.91 Å². The zero-order valence-corrected chi connectivity index (χ0v) is 21.0. The van der Waals surface area contributed by atoms with Crippen molar-refractivity contribution in [3.63, 3.8) is 0 Å². The zero-order valence-electron chi connectivity index (χ0n) is 21.0. The van der Waals surface area contributed by atoms with Gasteiger partial charge in [0.15, 0.2) is 0 Å². The number of amides is 2. The molecule has 190 valence electrons. The topological polar surface area (TPSA) is 90.9 Å². The van der Waals surface area contributed by atoms with E-state index in [0.717, 1.165) is 37.8 Å². The van der Waals surface area contributed by atoms with Crippen molar-refractivity contribution in [1.29, 1.82) is 0 Å².